The molecule has 4 nitrogen and oxygen atoms in total. The Hall–Kier alpha value is -0.300. The number of hydrogen-bond donors (Lipinski definition) is 3. The molecule has 0 aromatic heterocycles. The van der Waals surface area contributed by atoms with Crippen LogP contribution in [-0.2, 0) is 4.74 Å². The van der Waals surface area contributed by atoms with Crippen molar-refractivity contribution in [1.29, 1.82) is 0 Å². The molecule has 1 fully saturated rings. The Morgan fingerprint density at radius 1 is 1.17 bits per heavy atom. The summed E-state index contributed by atoms with van der Waals surface area (Å²) in [4.78, 5) is 0. The summed E-state index contributed by atoms with van der Waals surface area (Å²) >= 11 is 0. The van der Waals surface area contributed by atoms with Crippen LogP contribution in [0.25, 0.3) is 0 Å². The molecule has 1 rings (SSSR count). The first-order valence-electron chi connectivity index (χ1n) is 3.48. The van der Waals surface area contributed by atoms with Gasteiger partial charge in [-0.1, -0.05) is 0 Å². The summed E-state index contributed by atoms with van der Waals surface area (Å²) in [5.41, 5.74) is 0. The van der Waals surface area contributed by atoms with Crippen molar-refractivity contribution in [3.63, 3.8) is 0 Å². The van der Waals surface area contributed by atoms with Crippen molar-refractivity contribution in [2.24, 2.45) is 0 Å². The van der Waals surface area contributed by atoms with Crippen molar-refractivity contribution in [3.8, 4) is 0 Å². The lowest BCUT2D eigenvalue weighted by Crippen LogP contribution is -2.55. The van der Waals surface area contributed by atoms with E-state index in [-0.39, 0.29) is 0 Å². The molecule has 3 N–H and O–H groups in total. The molecule has 1 aliphatic rings. The predicted octanol–water partition coefficient (Wildman–Crippen LogP) is -1.27. The van der Waals surface area contributed by atoms with Crippen molar-refractivity contribution >= 4 is 0 Å². The minimum Gasteiger partial charge on any atom is -0.394 e. The molecule has 12 heavy (non-hydrogen) atoms. The second-order valence-electron chi connectivity index (χ2n) is 2.63. The highest BCUT2D eigenvalue weighted by molar-refractivity contribution is 4.88. The van der Waals surface area contributed by atoms with Gasteiger partial charge in [-0.3, -0.25) is 0 Å². The van der Waals surface area contributed by atoms with Crippen LogP contribution in [0, 0.1) is 0 Å². The Kier molecular flexibility index (Phi) is 2.94. The zero-order valence-corrected chi connectivity index (χ0v) is 6.10. The molecule has 1 heterocycles. The first kappa shape index (κ1) is 9.79. The Morgan fingerprint density at radius 3 is 2.25 bits per heavy atom. The van der Waals surface area contributed by atoms with Gasteiger partial charge in [0.25, 0.3) is 0 Å². The second-order valence-corrected chi connectivity index (χ2v) is 2.63. The van der Waals surface area contributed by atoms with Gasteiger partial charge >= 0.3 is 0 Å². The molecule has 1 aliphatic heterocycles. The molecular formula is C6H10F2O4. The van der Waals surface area contributed by atoms with Crippen molar-refractivity contribution in [1.82, 2.24) is 0 Å². The molecule has 0 bridgehead atoms. The molecule has 0 saturated carbocycles. The Morgan fingerprint density at radius 2 is 1.75 bits per heavy atom. The van der Waals surface area contributed by atoms with E-state index in [9.17, 15) is 8.78 Å². The van der Waals surface area contributed by atoms with Gasteiger partial charge in [0.15, 0.2) is 6.17 Å². The number of rotatable bonds is 1. The first-order chi connectivity index (χ1) is 5.57. The summed E-state index contributed by atoms with van der Waals surface area (Å²) < 4.78 is 29.2. The highest BCUT2D eigenvalue weighted by atomic mass is 18.2. The normalized spacial score (nSPS) is 49.2. The number of hydrogen-bond acceptors (Lipinski definition) is 4. The van der Waals surface area contributed by atoms with Crippen LogP contribution in [0.1, 0.15) is 0 Å². The maximum absolute atomic E-state index is 12.5. The second kappa shape index (κ2) is 3.61. The van der Waals surface area contributed by atoms with Crippen molar-refractivity contribution in [2.75, 3.05) is 6.61 Å². The molecule has 0 aliphatic carbocycles. The summed E-state index contributed by atoms with van der Waals surface area (Å²) in [5, 5.41) is 26.3. The summed E-state index contributed by atoms with van der Waals surface area (Å²) in [5.74, 6) is 0. The van der Waals surface area contributed by atoms with Gasteiger partial charge in [0.05, 0.1) is 6.61 Å². The van der Waals surface area contributed by atoms with Crippen LogP contribution < -0.4 is 0 Å². The van der Waals surface area contributed by atoms with Gasteiger partial charge in [-0.05, 0) is 0 Å². The third-order valence-corrected chi connectivity index (χ3v) is 1.79. The fourth-order valence-electron chi connectivity index (χ4n) is 1.04. The van der Waals surface area contributed by atoms with E-state index in [1.807, 2.05) is 0 Å². The van der Waals surface area contributed by atoms with Gasteiger partial charge in [0.2, 0.25) is 6.36 Å². The van der Waals surface area contributed by atoms with Crippen LogP contribution in [-0.4, -0.2) is 52.8 Å². The maximum Gasteiger partial charge on any atom is 0.233 e. The lowest BCUT2D eigenvalue weighted by molar-refractivity contribution is -0.246. The predicted molar refractivity (Wildman–Crippen MR) is 33.8 cm³/mol. The van der Waals surface area contributed by atoms with E-state index in [4.69, 9.17) is 15.3 Å². The third kappa shape index (κ3) is 1.56. The third-order valence-electron chi connectivity index (χ3n) is 1.79. The van der Waals surface area contributed by atoms with Crippen LogP contribution in [0.15, 0.2) is 0 Å². The topological polar surface area (TPSA) is 69.9 Å². The first-order valence-corrected chi connectivity index (χ1v) is 3.48. The SMILES string of the molecule is OC[C@H]1O[C@H]([18F])[C@@H]([18F])[C@@H](O)[C@@H]1O. The van der Waals surface area contributed by atoms with Gasteiger partial charge < -0.3 is 20.1 Å². The minimum atomic E-state index is -2.29. The summed E-state index contributed by atoms with van der Waals surface area (Å²) in [6.07, 6.45) is -9.24. The van der Waals surface area contributed by atoms with Gasteiger partial charge in [-0.2, -0.15) is 0 Å². The van der Waals surface area contributed by atoms with E-state index in [1.54, 1.807) is 0 Å². The van der Waals surface area contributed by atoms with Gasteiger partial charge in [0, 0.05) is 0 Å². The lowest BCUT2D eigenvalue weighted by atomic mass is 10.0. The number of alkyl halides is 2. The minimum absolute atomic E-state index is 0.661. The van der Waals surface area contributed by atoms with E-state index >= 15 is 0 Å². The molecule has 0 amide bonds. The fourth-order valence-corrected chi connectivity index (χ4v) is 1.04. The molecular weight excluding hydrogens is 172 g/mol. The maximum atomic E-state index is 12.5. The molecule has 1 saturated heterocycles. The van der Waals surface area contributed by atoms with Crippen LogP contribution >= 0.6 is 0 Å². The monoisotopic (exact) mass is 182 g/mol. The number of aliphatic hydroxyl groups excluding tert-OH is 3. The van der Waals surface area contributed by atoms with Crippen LogP contribution in [0.5, 0.6) is 0 Å². The number of halogens is 2. The van der Waals surface area contributed by atoms with Crippen molar-refractivity contribution < 1.29 is 28.8 Å². The van der Waals surface area contributed by atoms with Crippen molar-refractivity contribution in [3.05, 3.63) is 0 Å². The van der Waals surface area contributed by atoms with E-state index in [0.29, 0.717) is 0 Å². The van der Waals surface area contributed by atoms with Crippen LogP contribution in [0.4, 0.5) is 8.78 Å². The summed E-state index contributed by atoms with van der Waals surface area (Å²) in [6.45, 7) is -0.661. The van der Waals surface area contributed by atoms with Gasteiger partial charge in [-0.15, -0.1) is 0 Å². The van der Waals surface area contributed by atoms with Crippen molar-refractivity contribution in [2.45, 2.75) is 30.8 Å². The highest BCUT2D eigenvalue weighted by Gasteiger charge is 2.44. The zero-order valence-electron chi connectivity index (χ0n) is 6.10. The molecule has 72 valence electrons. The van der Waals surface area contributed by atoms with Crippen LogP contribution in [0.3, 0.4) is 0 Å². The zero-order chi connectivity index (χ0) is 9.30. The molecule has 0 spiro atoms. The van der Waals surface area contributed by atoms with E-state index in [2.05, 4.69) is 4.74 Å². The smallest absolute Gasteiger partial charge is 0.233 e. The standard InChI is InChI=1S/C6H10F2O4/c7-3-5(11)4(10)2(1-9)12-6(3)8/h2-6,9-11H,1H2/t2-,3+,4-,5-,6+/m1/s1/i7-1,8-1. The average molecular weight is 182 g/mol. The molecule has 0 radical (unpaired) electrons. The number of ether oxygens (including phenoxy) is 1. The quantitative estimate of drug-likeness (QED) is 0.473. The molecule has 6 heteroatoms. The molecule has 0 aromatic rings. The van der Waals surface area contributed by atoms with E-state index in [0.717, 1.165) is 0 Å². The highest BCUT2D eigenvalue weighted by Crippen LogP contribution is 2.23. The van der Waals surface area contributed by atoms with Gasteiger partial charge in [0.1, 0.15) is 18.3 Å². The van der Waals surface area contributed by atoms with Gasteiger partial charge in [-0.25, -0.2) is 8.78 Å². The number of aliphatic hydroxyl groups is 3. The fraction of sp³-hybridized carbons (Fsp3) is 1.00. The van der Waals surface area contributed by atoms with E-state index < -0.39 is 37.4 Å². The average Bonchev–Trinajstić information content (AvgIpc) is 2.08. The van der Waals surface area contributed by atoms with Crippen LogP contribution in [0.2, 0.25) is 0 Å². The lowest BCUT2D eigenvalue weighted by Gasteiger charge is -2.35. The Bertz CT molecular complexity index is 152. The van der Waals surface area contributed by atoms with E-state index in [1.165, 1.54) is 0 Å². The molecule has 0 unspecified atom stereocenters. The largest absolute Gasteiger partial charge is 0.394 e. The Balaban J connectivity index is 2.63. The summed E-state index contributed by atoms with van der Waals surface area (Å²) in [6, 6.07) is 0. The Labute approximate surface area is 67.4 Å². The molecule has 0 aromatic carbocycles. The summed E-state index contributed by atoms with van der Waals surface area (Å²) in [7, 11) is 0. The molecule has 5 atom stereocenters.